The first kappa shape index (κ1) is 63.3. The summed E-state index contributed by atoms with van der Waals surface area (Å²) in [5.41, 5.74) is 0. The fourth-order valence-electron chi connectivity index (χ4n) is 8.03. The van der Waals surface area contributed by atoms with Crippen LogP contribution in [0, 0.1) is 0 Å². The summed E-state index contributed by atoms with van der Waals surface area (Å²) in [6.45, 7) is 7.63. The predicted octanol–water partition coefficient (Wildman–Crippen LogP) is 19.5. The SMILES string of the molecule is CC/C=C\C/C=C\C/C=C\C/C=C\CCC(=O)OC(COCCCCCCCCCC/C=C\C/C=C\CCCCC)COC(=O)CCCCCCCCCCCCCCCCCCCCC. The molecule has 0 fully saturated rings. The minimum Gasteiger partial charge on any atom is -0.462 e. The van der Waals surface area contributed by atoms with Crippen molar-refractivity contribution in [2.75, 3.05) is 19.8 Å². The van der Waals surface area contributed by atoms with Crippen LogP contribution in [0.3, 0.4) is 0 Å². The largest absolute Gasteiger partial charge is 0.462 e. The summed E-state index contributed by atoms with van der Waals surface area (Å²) in [6, 6.07) is 0. The van der Waals surface area contributed by atoms with Gasteiger partial charge in [0, 0.05) is 19.4 Å². The molecular formula is C61H108O5. The number of ether oxygens (including phenoxy) is 3. The van der Waals surface area contributed by atoms with Crippen molar-refractivity contribution in [2.45, 2.75) is 284 Å². The Hall–Kier alpha value is -2.66. The zero-order chi connectivity index (χ0) is 47.7. The molecule has 0 bridgehead atoms. The molecule has 0 aromatic heterocycles. The van der Waals surface area contributed by atoms with E-state index in [0.717, 1.165) is 57.8 Å². The molecule has 66 heavy (non-hydrogen) atoms. The van der Waals surface area contributed by atoms with E-state index in [0.29, 0.717) is 25.9 Å². The topological polar surface area (TPSA) is 61.8 Å². The lowest BCUT2D eigenvalue weighted by molar-refractivity contribution is -0.162. The summed E-state index contributed by atoms with van der Waals surface area (Å²) in [4.78, 5) is 25.4. The van der Waals surface area contributed by atoms with E-state index < -0.39 is 6.10 Å². The highest BCUT2D eigenvalue weighted by atomic mass is 16.6. The number of esters is 2. The number of rotatable bonds is 52. The standard InChI is InChI=1S/C61H108O5/c1-4-7-10-13-16-19-22-25-27-29-31-32-34-37-39-42-45-48-51-54-60(62)65-58-59(66-61(63)55-52-49-46-43-40-36-24-21-18-15-12-9-6-3)57-64-56-53-50-47-44-41-38-35-33-30-28-26-23-20-17-14-11-8-5-2/h9,12,17-18,20-21,26,28,36,40,46,49,59H,4-8,10-11,13-16,19,22-25,27,29-35,37-39,41-45,47-48,50-58H2,1-3H3/b12-9-,20-17-,21-18-,28-26-,40-36-,49-46-. The number of unbranched alkanes of at least 4 members (excludes halogenated alkanes) is 29. The molecule has 0 aromatic rings. The molecule has 1 unspecified atom stereocenters. The molecule has 0 N–H and O–H groups in total. The zero-order valence-electron chi connectivity index (χ0n) is 44.0. The maximum Gasteiger partial charge on any atom is 0.306 e. The van der Waals surface area contributed by atoms with Crippen LogP contribution in [0.5, 0.6) is 0 Å². The van der Waals surface area contributed by atoms with Crippen LogP contribution in [-0.4, -0.2) is 37.9 Å². The van der Waals surface area contributed by atoms with Crippen molar-refractivity contribution in [1.29, 1.82) is 0 Å². The van der Waals surface area contributed by atoms with Crippen LogP contribution in [0.1, 0.15) is 278 Å². The summed E-state index contributed by atoms with van der Waals surface area (Å²) in [6.07, 6.45) is 73.7. The Morgan fingerprint density at radius 1 is 0.348 bits per heavy atom. The maximum atomic E-state index is 12.8. The molecule has 0 aliphatic carbocycles. The second-order valence-electron chi connectivity index (χ2n) is 18.8. The first-order valence-corrected chi connectivity index (χ1v) is 28.5. The van der Waals surface area contributed by atoms with Gasteiger partial charge in [-0.1, -0.05) is 261 Å². The van der Waals surface area contributed by atoms with E-state index in [9.17, 15) is 9.59 Å². The Morgan fingerprint density at radius 3 is 1.18 bits per heavy atom. The van der Waals surface area contributed by atoms with Crippen molar-refractivity contribution in [3.8, 4) is 0 Å². The van der Waals surface area contributed by atoms with E-state index in [1.165, 1.54) is 180 Å². The van der Waals surface area contributed by atoms with Gasteiger partial charge in [0.15, 0.2) is 6.10 Å². The van der Waals surface area contributed by atoms with Crippen molar-refractivity contribution < 1.29 is 23.8 Å². The van der Waals surface area contributed by atoms with Gasteiger partial charge in [0.1, 0.15) is 6.61 Å². The molecule has 382 valence electrons. The van der Waals surface area contributed by atoms with Crippen molar-refractivity contribution in [1.82, 2.24) is 0 Å². The van der Waals surface area contributed by atoms with Gasteiger partial charge < -0.3 is 14.2 Å². The Balaban J connectivity index is 4.28. The molecule has 5 heteroatoms. The van der Waals surface area contributed by atoms with Gasteiger partial charge in [0.2, 0.25) is 0 Å². The van der Waals surface area contributed by atoms with Crippen molar-refractivity contribution >= 4 is 11.9 Å². The molecule has 0 radical (unpaired) electrons. The first-order valence-electron chi connectivity index (χ1n) is 28.5. The smallest absolute Gasteiger partial charge is 0.306 e. The van der Waals surface area contributed by atoms with E-state index in [4.69, 9.17) is 14.2 Å². The molecule has 0 spiro atoms. The molecule has 0 aliphatic rings. The average Bonchev–Trinajstić information content (AvgIpc) is 3.32. The van der Waals surface area contributed by atoms with Crippen LogP contribution in [0.15, 0.2) is 72.9 Å². The Labute approximate surface area is 410 Å². The van der Waals surface area contributed by atoms with Crippen LogP contribution in [-0.2, 0) is 23.8 Å². The molecule has 0 aromatic carbocycles. The van der Waals surface area contributed by atoms with Crippen LogP contribution < -0.4 is 0 Å². The lowest BCUT2D eigenvalue weighted by Gasteiger charge is -2.18. The van der Waals surface area contributed by atoms with Crippen LogP contribution in [0.4, 0.5) is 0 Å². The number of allylic oxidation sites excluding steroid dienone is 12. The van der Waals surface area contributed by atoms with Gasteiger partial charge in [-0.05, 0) is 77.0 Å². The first-order chi connectivity index (χ1) is 32.6. The third-order valence-electron chi connectivity index (χ3n) is 12.2. The highest BCUT2D eigenvalue weighted by Gasteiger charge is 2.17. The third kappa shape index (κ3) is 54.0. The highest BCUT2D eigenvalue weighted by molar-refractivity contribution is 5.70. The summed E-state index contributed by atoms with van der Waals surface area (Å²) in [5.74, 6) is -0.484. The molecule has 0 amide bonds. The second kappa shape index (κ2) is 56.7. The fourth-order valence-corrected chi connectivity index (χ4v) is 8.03. The molecule has 1 atom stereocenters. The van der Waals surface area contributed by atoms with E-state index in [-0.39, 0.29) is 25.2 Å². The van der Waals surface area contributed by atoms with Crippen molar-refractivity contribution in [3.05, 3.63) is 72.9 Å². The van der Waals surface area contributed by atoms with Crippen LogP contribution >= 0.6 is 0 Å². The summed E-state index contributed by atoms with van der Waals surface area (Å²) in [5, 5.41) is 0. The highest BCUT2D eigenvalue weighted by Crippen LogP contribution is 2.16. The van der Waals surface area contributed by atoms with Gasteiger partial charge in [0.05, 0.1) is 6.61 Å². The van der Waals surface area contributed by atoms with E-state index in [1.807, 2.05) is 6.08 Å². The molecule has 0 saturated heterocycles. The van der Waals surface area contributed by atoms with Crippen LogP contribution in [0.2, 0.25) is 0 Å². The Bertz CT molecular complexity index is 1180. The molecule has 0 saturated carbocycles. The van der Waals surface area contributed by atoms with E-state index >= 15 is 0 Å². The quantitative estimate of drug-likeness (QED) is 0.0346. The summed E-state index contributed by atoms with van der Waals surface area (Å²) >= 11 is 0. The number of carbonyl (C=O) groups is 2. The van der Waals surface area contributed by atoms with Gasteiger partial charge in [0.25, 0.3) is 0 Å². The lowest BCUT2D eigenvalue weighted by Crippen LogP contribution is -2.30. The minimum atomic E-state index is -0.578. The van der Waals surface area contributed by atoms with E-state index in [1.54, 1.807) is 0 Å². The van der Waals surface area contributed by atoms with Gasteiger partial charge in [-0.15, -0.1) is 0 Å². The Morgan fingerprint density at radius 2 is 0.712 bits per heavy atom. The van der Waals surface area contributed by atoms with Gasteiger partial charge in [-0.2, -0.15) is 0 Å². The zero-order valence-corrected chi connectivity index (χ0v) is 44.0. The van der Waals surface area contributed by atoms with Crippen LogP contribution in [0.25, 0.3) is 0 Å². The molecule has 0 aliphatic heterocycles. The minimum absolute atomic E-state index is 0.0552. The number of carbonyl (C=O) groups excluding carboxylic acids is 2. The summed E-state index contributed by atoms with van der Waals surface area (Å²) < 4.78 is 17.4. The average molecular weight is 922 g/mol. The molecule has 0 rings (SSSR count). The van der Waals surface area contributed by atoms with Crippen molar-refractivity contribution in [3.63, 3.8) is 0 Å². The monoisotopic (exact) mass is 921 g/mol. The van der Waals surface area contributed by atoms with Gasteiger partial charge in [-0.25, -0.2) is 0 Å². The molecule has 5 nitrogen and oxygen atoms in total. The number of hydrogen-bond acceptors (Lipinski definition) is 5. The lowest BCUT2D eigenvalue weighted by atomic mass is 10.0. The molecule has 0 heterocycles. The van der Waals surface area contributed by atoms with Crippen molar-refractivity contribution in [2.24, 2.45) is 0 Å². The summed E-state index contributed by atoms with van der Waals surface area (Å²) in [7, 11) is 0. The normalized spacial score (nSPS) is 12.7. The van der Waals surface area contributed by atoms with Gasteiger partial charge >= 0.3 is 11.9 Å². The predicted molar refractivity (Wildman–Crippen MR) is 288 cm³/mol. The number of hydrogen-bond donors (Lipinski definition) is 0. The van der Waals surface area contributed by atoms with Gasteiger partial charge in [-0.3, -0.25) is 9.59 Å². The van der Waals surface area contributed by atoms with E-state index in [2.05, 4.69) is 87.6 Å². The third-order valence-corrected chi connectivity index (χ3v) is 12.2. The fraction of sp³-hybridized carbons (Fsp3) is 0.770. The Kier molecular flexibility index (Phi) is 54.4. The molecular weight excluding hydrogens is 813 g/mol. The second-order valence-corrected chi connectivity index (χ2v) is 18.8. The maximum absolute atomic E-state index is 12.8.